The Morgan fingerprint density at radius 1 is 1.06 bits per heavy atom. The molecule has 0 aliphatic heterocycles. The van der Waals surface area contributed by atoms with E-state index >= 15 is 0 Å². The first kappa shape index (κ1) is 17.8. The molecule has 0 aliphatic rings. The number of aliphatic hydroxyl groups is 1. The van der Waals surface area contributed by atoms with Crippen molar-refractivity contribution in [3.8, 4) is 0 Å². The molecule has 3 N–H and O–H groups in total. The van der Waals surface area contributed by atoms with Crippen molar-refractivity contribution in [1.82, 2.24) is 9.80 Å². The molecule has 0 radical (unpaired) electrons. The summed E-state index contributed by atoms with van der Waals surface area (Å²) in [5.41, 5.74) is 4.96. The van der Waals surface area contributed by atoms with Gasteiger partial charge in [-0.25, -0.2) is 0 Å². The van der Waals surface area contributed by atoms with Crippen molar-refractivity contribution in [2.24, 2.45) is 5.73 Å². The van der Waals surface area contributed by atoms with Gasteiger partial charge in [0.05, 0.1) is 5.60 Å². The number of rotatable bonds is 11. The summed E-state index contributed by atoms with van der Waals surface area (Å²) < 4.78 is 0. The van der Waals surface area contributed by atoms with Crippen LogP contribution in [0.5, 0.6) is 0 Å². The van der Waals surface area contributed by atoms with Gasteiger partial charge in [-0.2, -0.15) is 0 Å². The second-order valence-corrected chi connectivity index (χ2v) is 5.48. The number of nitrogens with two attached hydrogens (primary N) is 1. The molecule has 1 atom stereocenters. The fourth-order valence-corrected chi connectivity index (χ4v) is 2.09. The molecule has 0 heterocycles. The van der Waals surface area contributed by atoms with E-state index in [0.29, 0.717) is 6.54 Å². The molecule has 0 saturated carbocycles. The summed E-state index contributed by atoms with van der Waals surface area (Å²) in [4.78, 5) is 4.67. The SMILES string of the molecule is CCN(CCCN(C)C)CCCC(O)(CC)CN. The first-order valence-electron chi connectivity index (χ1n) is 7.27. The molecule has 0 fully saturated rings. The summed E-state index contributed by atoms with van der Waals surface area (Å²) in [7, 11) is 4.22. The van der Waals surface area contributed by atoms with Crippen LogP contribution in [-0.4, -0.2) is 67.3 Å². The van der Waals surface area contributed by atoms with E-state index in [1.54, 1.807) is 0 Å². The van der Waals surface area contributed by atoms with Crippen molar-refractivity contribution < 1.29 is 5.11 Å². The van der Waals surface area contributed by atoms with Crippen LogP contribution in [0.15, 0.2) is 0 Å². The highest BCUT2D eigenvalue weighted by atomic mass is 16.3. The smallest absolute Gasteiger partial charge is 0.0767 e. The van der Waals surface area contributed by atoms with Gasteiger partial charge in [-0.3, -0.25) is 0 Å². The van der Waals surface area contributed by atoms with Gasteiger partial charge in [0, 0.05) is 6.54 Å². The summed E-state index contributed by atoms with van der Waals surface area (Å²) >= 11 is 0. The van der Waals surface area contributed by atoms with Crippen molar-refractivity contribution >= 4 is 0 Å². The lowest BCUT2D eigenvalue weighted by Crippen LogP contribution is -2.38. The molecule has 4 heteroatoms. The van der Waals surface area contributed by atoms with E-state index in [9.17, 15) is 5.11 Å². The van der Waals surface area contributed by atoms with Gasteiger partial charge in [-0.05, 0) is 66.0 Å². The molecule has 0 spiro atoms. The first-order valence-corrected chi connectivity index (χ1v) is 7.27. The number of nitrogens with zero attached hydrogens (tertiary/aromatic N) is 2. The maximum absolute atomic E-state index is 10.1. The van der Waals surface area contributed by atoms with Crippen LogP contribution in [0.2, 0.25) is 0 Å². The molecule has 0 rings (SSSR count). The molecule has 0 bridgehead atoms. The van der Waals surface area contributed by atoms with E-state index in [0.717, 1.165) is 45.4 Å². The maximum atomic E-state index is 10.1. The van der Waals surface area contributed by atoms with Crippen LogP contribution in [0, 0.1) is 0 Å². The van der Waals surface area contributed by atoms with Crippen LogP contribution in [0.1, 0.15) is 39.5 Å². The summed E-state index contributed by atoms with van der Waals surface area (Å²) in [6.07, 6.45) is 3.79. The zero-order chi connectivity index (χ0) is 14.0. The average molecular weight is 259 g/mol. The summed E-state index contributed by atoms with van der Waals surface area (Å²) in [6, 6.07) is 0. The van der Waals surface area contributed by atoms with Crippen molar-refractivity contribution in [2.75, 3.05) is 46.8 Å². The van der Waals surface area contributed by atoms with Crippen LogP contribution >= 0.6 is 0 Å². The Balaban J connectivity index is 3.79. The van der Waals surface area contributed by atoms with Crippen molar-refractivity contribution in [3.05, 3.63) is 0 Å². The van der Waals surface area contributed by atoms with Crippen LogP contribution in [0.4, 0.5) is 0 Å². The summed E-state index contributed by atoms with van der Waals surface area (Å²) in [5.74, 6) is 0. The van der Waals surface area contributed by atoms with Gasteiger partial charge in [-0.1, -0.05) is 13.8 Å². The molecular weight excluding hydrogens is 226 g/mol. The highest BCUT2D eigenvalue weighted by molar-refractivity contribution is 4.78. The molecule has 110 valence electrons. The Morgan fingerprint density at radius 3 is 2.11 bits per heavy atom. The minimum Gasteiger partial charge on any atom is -0.389 e. The van der Waals surface area contributed by atoms with Crippen LogP contribution in [0.3, 0.4) is 0 Å². The lowest BCUT2D eigenvalue weighted by Gasteiger charge is -2.27. The van der Waals surface area contributed by atoms with Gasteiger partial charge < -0.3 is 20.6 Å². The lowest BCUT2D eigenvalue weighted by atomic mass is 9.95. The van der Waals surface area contributed by atoms with Crippen LogP contribution in [-0.2, 0) is 0 Å². The predicted molar refractivity (Wildman–Crippen MR) is 78.8 cm³/mol. The highest BCUT2D eigenvalue weighted by Gasteiger charge is 2.21. The topological polar surface area (TPSA) is 52.7 Å². The van der Waals surface area contributed by atoms with E-state index in [2.05, 4.69) is 30.8 Å². The third-order valence-corrected chi connectivity index (χ3v) is 3.68. The Bertz CT molecular complexity index is 193. The second-order valence-electron chi connectivity index (χ2n) is 5.48. The molecule has 0 aromatic heterocycles. The Labute approximate surface area is 113 Å². The number of hydrogen-bond donors (Lipinski definition) is 2. The van der Waals surface area contributed by atoms with E-state index in [4.69, 9.17) is 5.73 Å². The van der Waals surface area contributed by atoms with E-state index in [-0.39, 0.29) is 0 Å². The van der Waals surface area contributed by atoms with Crippen molar-refractivity contribution in [2.45, 2.75) is 45.1 Å². The molecule has 0 saturated heterocycles. The molecule has 1 unspecified atom stereocenters. The summed E-state index contributed by atoms with van der Waals surface area (Å²) in [5, 5.41) is 10.1. The van der Waals surface area contributed by atoms with Gasteiger partial charge in [-0.15, -0.1) is 0 Å². The normalized spacial score (nSPS) is 15.3. The largest absolute Gasteiger partial charge is 0.389 e. The first-order chi connectivity index (χ1) is 8.47. The molecule has 0 amide bonds. The molecule has 4 nitrogen and oxygen atoms in total. The van der Waals surface area contributed by atoms with Crippen molar-refractivity contribution in [1.29, 1.82) is 0 Å². The molecule has 0 aromatic carbocycles. The lowest BCUT2D eigenvalue weighted by molar-refractivity contribution is 0.0317. The Hall–Kier alpha value is -0.160. The highest BCUT2D eigenvalue weighted by Crippen LogP contribution is 2.15. The van der Waals surface area contributed by atoms with Gasteiger partial charge in [0.15, 0.2) is 0 Å². The maximum Gasteiger partial charge on any atom is 0.0767 e. The van der Waals surface area contributed by atoms with Crippen molar-refractivity contribution in [3.63, 3.8) is 0 Å². The second kappa shape index (κ2) is 9.73. The van der Waals surface area contributed by atoms with Gasteiger partial charge in [0.2, 0.25) is 0 Å². The fraction of sp³-hybridized carbons (Fsp3) is 1.00. The van der Waals surface area contributed by atoms with E-state index in [1.165, 1.54) is 6.42 Å². The third kappa shape index (κ3) is 8.03. The Kier molecular flexibility index (Phi) is 9.64. The standard InChI is InChI=1S/C14H33N3O/c1-5-14(18,13-15)9-7-11-17(6-2)12-8-10-16(3)4/h18H,5-13,15H2,1-4H3. The van der Waals surface area contributed by atoms with Gasteiger partial charge >= 0.3 is 0 Å². The molecule has 0 aromatic rings. The number of hydrogen-bond acceptors (Lipinski definition) is 4. The van der Waals surface area contributed by atoms with Crippen LogP contribution < -0.4 is 5.73 Å². The molecule has 0 aliphatic carbocycles. The molecule has 18 heavy (non-hydrogen) atoms. The summed E-state index contributed by atoms with van der Waals surface area (Å²) in [6.45, 7) is 9.00. The zero-order valence-corrected chi connectivity index (χ0v) is 12.8. The monoisotopic (exact) mass is 259 g/mol. The minimum atomic E-state index is -0.650. The third-order valence-electron chi connectivity index (χ3n) is 3.68. The Morgan fingerprint density at radius 2 is 1.67 bits per heavy atom. The quantitative estimate of drug-likeness (QED) is 0.584. The average Bonchev–Trinajstić information content (AvgIpc) is 2.36. The van der Waals surface area contributed by atoms with Gasteiger partial charge in [0.25, 0.3) is 0 Å². The fourth-order valence-electron chi connectivity index (χ4n) is 2.09. The minimum absolute atomic E-state index is 0.371. The zero-order valence-electron chi connectivity index (χ0n) is 12.8. The van der Waals surface area contributed by atoms with E-state index in [1.807, 2.05) is 6.92 Å². The predicted octanol–water partition coefficient (Wildman–Crippen LogP) is 1.14. The van der Waals surface area contributed by atoms with Gasteiger partial charge in [0.1, 0.15) is 0 Å². The molecular formula is C14H33N3O. The van der Waals surface area contributed by atoms with E-state index < -0.39 is 5.60 Å². The van der Waals surface area contributed by atoms with Crippen LogP contribution in [0.25, 0.3) is 0 Å².